The van der Waals surface area contributed by atoms with Crippen molar-refractivity contribution in [3.05, 3.63) is 168 Å². The summed E-state index contributed by atoms with van der Waals surface area (Å²) >= 11 is 0. The van der Waals surface area contributed by atoms with Gasteiger partial charge in [-0.05, 0) is 33.4 Å². The lowest BCUT2D eigenvalue weighted by Crippen LogP contribution is -2.55. The summed E-state index contributed by atoms with van der Waals surface area (Å²) < 4.78 is 12.0. The zero-order valence-corrected chi connectivity index (χ0v) is 23.1. The number of esters is 1. The average molecular weight is 554 g/mol. The molecule has 0 unspecified atom stereocenters. The molecule has 0 spiro atoms. The molecule has 1 amide bonds. The van der Waals surface area contributed by atoms with E-state index in [9.17, 15) is 9.59 Å². The Kier molecular flexibility index (Phi) is 8.09. The Bertz CT molecular complexity index is 1610. The van der Waals surface area contributed by atoms with Crippen LogP contribution >= 0.6 is 0 Å². The summed E-state index contributed by atoms with van der Waals surface area (Å²) in [5, 5.41) is 0. The van der Waals surface area contributed by atoms with Gasteiger partial charge in [0, 0.05) is 6.42 Å². The summed E-state index contributed by atoms with van der Waals surface area (Å²) in [4.78, 5) is 29.4. The zero-order chi connectivity index (χ0) is 28.7. The van der Waals surface area contributed by atoms with Gasteiger partial charge in [-0.3, -0.25) is 4.90 Å². The number of carbonyl (C=O) groups is 2. The molecule has 0 saturated carbocycles. The molecule has 5 aromatic rings. The average Bonchev–Trinajstić information content (AvgIpc) is 3.06. The van der Waals surface area contributed by atoms with Crippen LogP contribution < -0.4 is 0 Å². The van der Waals surface area contributed by atoms with Crippen LogP contribution in [-0.4, -0.2) is 23.0 Å². The van der Waals surface area contributed by atoms with Gasteiger partial charge in [-0.2, -0.15) is 0 Å². The van der Waals surface area contributed by atoms with Crippen LogP contribution in [0, 0.1) is 0 Å². The predicted octanol–water partition coefficient (Wildman–Crippen LogP) is 7.94. The standard InChI is InChI=1S/C37H31NO4/c39-36-33(25-27-21-23-30(24-22-27)29-15-7-2-8-16-29)38(37(40)41-26-28-13-5-1-6-14-28)34(31-17-9-3-10-18-31)35(42-36)32-19-11-4-12-20-32/h1-24,33-35H,25-26H2/t33-,34-,35+/m0/s1. The first kappa shape index (κ1) is 27.0. The van der Waals surface area contributed by atoms with Gasteiger partial charge in [-0.1, -0.05) is 146 Å². The second kappa shape index (κ2) is 12.6. The first-order valence-corrected chi connectivity index (χ1v) is 14.1. The molecule has 1 heterocycles. The number of amides is 1. The van der Waals surface area contributed by atoms with Crippen LogP contribution in [0.15, 0.2) is 146 Å². The first-order chi connectivity index (χ1) is 20.7. The highest BCUT2D eigenvalue weighted by Gasteiger charge is 2.48. The summed E-state index contributed by atoms with van der Waals surface area (Å²) in [5.41, 5.74) is 5.65. The summed E-state index contributed by atoms with van der Waals surface area (Å²) in [6.45, 7) is 0.0984. The summed E-state index contributed by atoms with van der Waals surface area (Å²) in [6, 6.07) is 45.6. The Hall–Kier alpha value is -5.16. The van der Waals surface area contributed by atoms with Gasteiger partial charge < -0.3 is 9.47 Å². The minimum Gasteiger partial charge on any atom is -0.453 e. The highest BCUT2D eigenvalue weighted by molar-refractivity contribution is 5.84. The van der Waals surface area contributed by atoms with Crippen molar-refractivity contribution in [2.75, 3.05) is 0 Å². The molecule has 1 fully saturated rings. The van der Waals surface area contributed by atoms with Crippen molar-refractivity contribution < 1.29 is 19.1 Å². The Balaban J connectivity index is 1.36. The molecule has 1 aliphatic heterocycles. The maximum atomic E-state index is 14.0. The van der Waals surface area contributed by atoms with Crippen LogP contribution in [0.5, 0.6) is 0 Å². The molecule has 0 aliphatic carbocycles. The van der Waals surface area contributed by atoms with Crippen molar-refractivity contribution >= 4 is 12.1 Å². The zero-order valence-electron chi connectivity index (χ0n) is 23.1. The van der Waals surface area contributed by atoms with E-state index < -0.39 is 30.3 Å². The van der Waals surface area contributed by atoms with Crippen molar-refractivity contribution in [2.45, 2.75) is 31.2 Å². The van der Waals surface area contributed by atoms with Crippen LogP contribution in [0.25, 0.3) is 11.1 Å². The lowest BCUT2D eigenvalue weighted by Gasteiger charge is -2.44. The fraction of sp³-hybridized carbons (Fsp3) is 0.135. The monoisotopic (exact) mass is 553 g/mol. The lowest BCUT2D eigenvalue weighted by molar-refractivity contribution is -0.173. The van der Waals surface area contributed by atoms with Crippen LogP contribution in [0.4, 0.5) is 4.79 Å². The second-order valence-electron chi connectivity index (χ2n) is 10.4. The quantitative estimate of drug-likeness (QED) is 0.192. The Morgan fingerprint density at radius 3 is 1.76 bits per heavy atom. The predicted molar refractivity (Wildman–Crippen MR) is 162 cm³/mol. The van der Waals surface area contributed by atoms with Gasteiger partial charge in [0.25, 0.3) is 0 Å². The lowest BCUT2D eigenvalue weighted by atomic mass is 9.89. The van der Waals surface area contributed by atoms with Gasteiger partial charge in [-0.25, -0.2) is 9.59 Å². The maximum Gasteiger partial charge on any atom is 0.411 e. The third kappa shape index (κ3) is 5.96. The van der Waals surface area contributed by atoms with Crippen molar-refractivity contribution in [1.29, 1.82) is 0 Å². The molecule has 1 aliphatic rings. The Labute approximate surface area is 246 Å². The molecular formula is C37H31NO4. The number of cyclic esters (lactones) is 1. The van der Waals surface area contributed by atoms with Gasteiger partial charge in [0.05, 0.1) is 0 Å². The number of rotatable bonds is 7. The Morgan fingerprint density at radius 2 is 1.14 bits per heavy atom. The summed E-state index contributed by atoms with van der Waals surface area (Å²) in [7, 11) is 0. The fourth-order valence-electron chi connectivity index (χ4n) is 5.50. The molecule has 5 heteroatoms. The molecule has 5 nitrogen and oxygen atoms in total. The minimum absolute atomic E-state index is 0.0984. The molecule has 5 aromatic carbocycles. The number of carbonyl (C=O) groups excluding carboxylic acids is 2. The number of ether oxygens (including phenoxy) is 2. The van der Waals surface area contributed by atoms with Crippen molar-refractivity contribution in [2.24, 2.45) is 0 Å². The normalized spacial score (nSPS) is 18.2. The highest BCUT2D eigenvalue weighted by atomic mass is 16.6. The topological polar surface area (TPSA) is 55.8 Å². The SMILES string of the molecule is O=C1O[C@H](c2ccccc2)[C@H](c2ccccc2)N(C(=O)OCc2ccccc2)[C@H]1Cc1ccc(-c2ccccc2)cc1. The molecule has 0 N–H and O–H groups in total. The maximum absolute atomic E-state index is 14.0. The van der Waals surface area contributed by atoms with E-state index in [-0.39, 0.29) is 6.61 Å². The molecule has 208 valence electrons. The number of hydrogen-bond donors (Lipinski definition) is 0. The summed E-state index contributed by atoms with van der Waals surface area (Å²) in [5.74, 6) is -0.458. The van der Waals surface area contributed by atoms with Gasteiger partial charge in [0.1, 0.15) is 18.7 Å². The van der Waals surface area contributed by atoms with E-state index in [1.807, 2.05) is 133 Å². The van der Waals surface area contributed by atoms with Gasteiger partial charge in [0.2, 0.25) is 0 Å². The first-order valence-electron chi connectivity index (χ1n) is 14.1. The van der Waals surface area contributed by atoms with E-state index >= 15 is 0 Å². The second-order valence-corrected chi connectivity index (χ2v) is 10.4. The van der Waals surface area contributed by atoms with Crippen molar-refractivity contribution in [3.8, 4) is 11.1 Å². The van der Waals surface area contributed by atoms with Crippen molar-refractivity contribution in [3.63, 3.8) is 0 Å². The van der Waals surface area contributed by atoms with Gasteiger partial charge >= 0.3 is 12.1 Å². The van der Waals surface area contributed by atoms with Crippen LogP contribution in [0.1, 0.15) is 34.4 Å². The number of nitrogens with zero attached hydrogens (tertiary/aromatic N) is 1. The van der Waals surface area contributed by atoms with Crippen LogP contribution in [0.2, 0.25) is 0 Å². The van der Waals surface area contributed by atoms with E-state index in [0.717, 1.165) is 33.4 Å². The van der Waals surface area contributed by atoms with E-state index in [4.69, 9.17) is 9.47 Å². The molecule has 0 aromatic heterocycles. The third-order valence-corrected chi connectivity index (χ3v) is 7.61. The molecule has 6 rings (SSSR count). The fourth-order valence-corrected chi connectivity index (χ4v) is 5.50. The van der Waals surface area contributed by atoms with E-state index in [1.54, 1.807) is 4.90 Å². The smallest absolute Gasteiger partial charge is 0.411 e. The molecule has 42 heavy (non-hydrogen) atoms. The largest absolute Gasteiger partial charge is 0.453 e. The number of benzene rings is 5. The highest BCUT2D eigenvalue weighted by Crippen LogP contribution is 2.43. The summed E-state index contributed by atoms with van der Waals surface area (Å²) in [6.07, 6.45) is -0.961. The van der Waals surface area contributed by atoms with Crippen molar-refractivity contribution in [1.82, 2.24) is 4.90 Å². The molecular weight excluding hydrogens is 522 g/mol. The minimum atomic E-state index is -0.874. The van der Waals surface area contributed by atoms with Crippen LogP contribution in [0.3, 0.4) is 0 Å². The van der Waals surface area contributed by atoms with E-state index in [1.165, 1.54) is 0 Å². The molecule has 0 bridgehead atoms. The van der Waals surface area contributed by atoms with E-state index in [0.29, 0.717) is 6.42 Å². The molecule has 0 radical (unpaired) electrons. The van der Waals surface area contributed by atoms with Gasteiger partial charge in [0.15, 0.2) is 6.10 Å². The Morgan fingerprint density at radius 1 is 0.619 bits per heavy atom. The van der Waals surface area contributed by atoms with Gasteiger partial charge in [-0.15, -0.1) is 0 Å². The number of morpholine rings is 1. The van der Waals surface area contributed by atoms with E-state index in [2.05, 4.69) is 12.1 Å². The molecule has 3 atom stereocenters. The van der Waals surface area contributed by atoms with Crippen LogP contribution in [-0.2, 0) is 27.3 Å². The number of hydrogen-bond acceptors (Lipinski definition) is 4. The third-order valence-electron chi connectivity index (χ3n) is 7.61. The molecule has 1 saturated heterocycles.